The molecule has 33 heavy (non-hydrogen) atoms. The Morgan fingerprint density at radius 2 is 2.06 bits per heavy atom. The SMILES string of the molecule is O=C(CCON=C1C(c2c(O)[nH]c3cc(Br)ccc23)=Nc2ccccc21)NC1CCNCC1. The number of halogens is 1. The molecule has 1 aromatic heterocycles. The van der Waals surface area contributed by atoms with Gasteiger partial charge in [-0.25, -0.2) is 4.99 Å². The predicted molar refractivity (Wildman–Crippen MR) is 131 cm³/mol. The van der Waals surface area contributed by atoms with E-state index in [1.807, 2.05) is 42.5 Å². The number of amides is 1. The third-order valence-electron chi connectivity index (χ3n) is 5.87. The molecule has 0 bridgehead atoms. The van der Waals surface area contributed by atoms with E-state index in [1.165, 1.54) is 0 Å². The van der Waals surface area contributed by atoms with E-state index < -0.39 is 0 Å². The zero-order valence-corrected chi connectivity index (χ0v) is 19.5. The Bertz CT molecular complexity index is 1260. The molecule has 5 rings (SSSR count). The summed E-state index contributed by atoms with van der Waals surface area (Å²) in [4.78, 5) is 25.6. The van der Waals surface area contributed by atoms with Crippen LogP contribution in [0.15, 0.2) is 57.1 Å². The normalized spacial score (nSPS) is 17.2. The maximum Gasteiger partial charge on any atom is 0.223 e. The molecule has 2 aliphatic rings. The van der Waals surface area contributed by atoms with Crippen LogP contribution in [0.25, 0.3) is 10.9 Å². The van der Waals surface area contributed by atoms with Gasteiger partial charge in [0.15, 0.2) is 5.88 Å². The van der Waals surface area contributed by atoms with Crippen LogP contribution in [0.2, 0.25) is 0 Å². The number of nitrogens with zero attached hydrogens (tertiary/aromatic N) is 2. The second-order valence-corrected chi connectivity index (χ2v) is 9.05. The summed E-state index contributed by atoms with van der Waals surface area (Å²) < 4.78 is 0.902. The smallest absolute Gasteiger partial charge is 0.223 e. The first-order valence-corrected chi connectivity index (χ1v) is 11.8. The van der Waals surface area contributed by atoms with Gasteiger partial charge in [-0.15, -0.1) is 0 Å². The number of piperidine rings is 1. The summed E-state index contributed by atoms with van der Waals surface area (Å²) in [6, 6.07) is 13.6. The van der Waals surface area contributed by atoms with Gasteiger partial charge < -0.3 is 25.6 Å². The zero-order chi connectivity index (χ0) is 22.8. The van der Waals surface area contributed by atoms with Crippen molar-refractivity contribution in [2.75, 3.05) is 19.7 Å². The van der Waals surface area contributed by atoms with Crippen molar-refractivity contribution in [2.45, 2.75) is 25.3 Å². The van der Waals surface area contributed by atoms with Gasteiger partial charge in [-0.05, 0) is 44.1 Å². The van der Waals surface area contributed by atoms with Crippen LogP contribution in [0.1, 0.15) is 30.4 Å². The lowest BCUT2D eigenvalue weighted by atomic mass is 10.0. The number of fused-ring (bicyclic) bond motifs is 2. The molecule has 1 saturated heterocycles. The largest absolute Gasteiger partial charge is 0.494 e. The first kappa shape index (κ1) is 21.7. The van der Waals surface area contributed by atoms with E-state index in [1.54, 1.807) is 0 Å². The molecule has 0 spiro atoms. The monoisotopic (exact) mass is 509 g/mol. The van der Waals surface area contributed by atoms with Crippen LogP contribution >= 0.6 is 15.9 Å². The van der Waals surface area contributed by atoms with Crippen LogP contribution < -0.4 is 10.6 Å². The van der Waals surface area contributed by atoms with E-state index in [9.17, 15) is 9.90 Å². The van der Waals surface area contributed by atoms with Gasteiger partial charge in [0, 0.05) is 21.5 Å². The number of para-hydroxylation sites is 1. The van der Waals surface area contributed by atoms with Gasteiger partial charge in [0.2, 0.25) is 5.91 Å². The number of hydrogen-bond donors (Lipinski definition) is 4. The van der Waals surface area contributed by atoms with Crippen molar-refractivity contribution >= 4 is 49.9 Å². The highest BCUT2D eigenvalue weighted by Gasteiger charge is 2.29. The fourth-order valence-corrected chi connectivity index (χ4v) is 4.61. The van der Waals surface area contributed by atoms with Crippen molar-refractivity contribution in [3.63, 3.8) is 0 Å². The topological polar surface area (TPSA) is 111 Å². The number of rotatable bonds is 6. The molecule has 2 aromatic carbocycles. The number of carbonyl (C=O) groups is 1. The van der Waals surface area contributed by atoms with Gasteiger partial charge in [0.25, 0.3) is 0 Å². The quantitative estimate of drug-likeness (QED) is 0.299. The lowest BCUT2D eigenvalue weighted by Crippen LogP contribution is -2.42. The Labute approximate surface area is 199 Å². The van der Waals surface area contributed by atoms with Gasteiger partial charge in [-0.1, -0.05) is 45.4 Å². The molecule has 9 heteroatoms. The summed E-state index contributed by atoms with van der Waals surface area (Å²) in [5, 5.41) is 22.2. The Morgan fingerprint density at radius 1 is 1.24 bits per heavy atom. The highest BCUT2D eigenvalue weighted by molar-refractivity contribution is 9.10. The van der Waals surface area contributed by atoms with E-state index >= 15 is 0 Å². The van der Waals surface area contributed by atoms with E-state index in [0.717, 1.165) is 52.6 Å². The van der Waals surface area contributed by atoms with Crippen LogP contribution in [0, 0.1) is 0 Å². The summed E-state index contributed by atoms with van der Waals surface area (Å²) in [5.74, 6) is -0.0219. The molecule has 2 aliphatic heterocycles. The molecule has 8 nitrogen and oxygen atoms in total. The molecule has 0 unspecified atom stereocenters. The van der Waals surface area contributed by atoms with Crippen LogP contribution in [-0.2, 0) is 9.63 Å². The van der Waals surface area contributed by atoms with Crippen molar-refractivity contribution in [1.29, 1.82) is 0 Å². The molecular weight excluding hydrogens is 486 g/mol. The Balaban J connectivity index is 1.35. The summed E-state index contributed by atoms with van der Waals surface area (Å²) in [6.45, 7) is 2.01. The van der Waals surface area contributed by atoms with Gasteiger partial charge in [0.1, 0.15) is 18.0 Å². The number of aromatic nitrogens is 1. The predicted octanol–water partition coefficient (Wildman–Crippen LogP) is 3.75. The molecular formula is C24H24BrN5O3. The number of carbonyl (C=O) groups excluding carboxylic acids is 1. The van der Waals surface area contributed by atoms with Gasteiger partial charge in [-0.2, -0.15) is 0 Å². The third-order valence-corrected chi connectivity index (χ3v) is 6.37. The number of hydrogen-bond acceptors (Lipinski definition) is 6. The van der Waals surface area contributed by atoms with Crippen LogP contribution in [0.3, 0.4) is 0 Å². The number of aromatic amines is 1. The minimum absolute atomic E-state index is 0.0173. The minimum Gasteiger partial charge on any atom is -0.494 e. The van der Waals surface area contributed by atoms with Crippen LogP contribution in [0.4, 0.5) is 5.69 Å². The number of oxime groups is 1. The summed E-state index contributed by atoms with van der Waals surface area (Å²) in [5.41, 5.74) is 3.98. The highest BCUT2D eigenvalue weighted by Crippen LogP contribution is 2.36. The molecule has 1 fully saturated rings. The average molecular weight is 510 g/mol. The van der Waals surface area contributed by atoms with Crippen molar-refractivity contribution < 1.29 is 14.7 Å². The molecule has 0 aliphatic carbocycles. The lowest BCUT2D eigenvalue weighted by molar-refractivity contribution is -0.123. The van der Waals surface area contributed by atoms with Crippen molar-refractivity contribution in [2.24, 2.45) is 10.1 Å². The second-order valence-electron chi connectivity index (χ2n) is 8.13. The molecule has 3 aromatic rings. The molecule has 3 heterocycles. The van der Waals surface area contributed by atoms with Crippen molar-refractivity contribution in [1.82, 2.24) is 15.6 Å². The first-order chi connectivity index (χ1) is 16.1. The number of aromatic hydroxyl groups is 1. The summed E-state index contributed by atoms with van der Waals surface area (Å²) >= 11 is 3.46. The van der Waals surface area contributed by atoms with Crippen molar-refractivity contribution in [3.05, 3.63) is 58.1 Å². The average Bonchev–Trinajstić information content (AvgIpc) is 3.33. The maximum atomic E-state index is 12.3. The summed E-state index contributed by atoms with van der Waals surface area (Å²) in [6.07, 6.45) is 2.10. The number of benzene rings is 2. The lowest BCUT2D eigenvalue weighted by Gasteiger charge is -2.23. The molecule has 1 amide bonds. The molecule has 0 radical (unpaired) electrons. The molecule has 0 atom stereocenters. The molecule has 4 N–H and O–H groups in total. The van der Waals surface area contributed by atoms with Crippen LogP contribution in [0.5, 0.6) is 5.88 Å². The third kappa shape index (κ3) is 4.51. The van der Waals surface area contributed by atoms with Crippen LogP contribution in [-0.4, -0.2) is 53.2 Å². The minimum atomic E-state index is -0.0392. The summed E-state index contributed by atoms with van der Waals surface area (Å²) in [7, 11) is 0. The fourth-order valence-electron chi connectivity index (χ4n) is 4.25. The first-order valence-electron chi connectivity index (χ1n) is 11.0. The zero-order valence-electron chi connectivity index (χ0n) is 17.9. The Kier molecular flexibility index (Phi) is 6.15. The van der Waals surface area contributed by atoms with E-state index in [4.69, 9.17) is 9.83 Å². The Hall–Kier alpha value is -3.17. The molecule has 0 saturated carbocycles. The fraction of sp³-hybridized carbons (Fsp3) is 0.292. The number of H-pyrrole nitrogens is 1. The van der Waals surface area contributed by atoms with E-state index in [0.29, 0.717) is 17.0 Å². The number of nitrogens with one attached hydrogen (secondary N) is 3. The number of aliphatic imine (C=N–C) groups is 1. The van der Waals surface area contributed by atoms with Gasteiger partial charge in [0.05, 0.1) is 23.2 Å². The highest BCUT2D eigenvalue weighted by atomic mass is 79.9. The van der Waals surface area contributed by atoms with E-state index in [2.05, 4.69) is 36.7 Å². The Morgan fingerprint density at radius 3 is 2.91 bits per heavy atom. The second kappa shape index (κ2) is 9.36. The standard InChI is InChI=1S/C24H24BrN5O3/c25-14-5-6-16-19(13-14)29-24(32)21(16)23-22(17-3-1-2-4-18(17)28-23)30-33-12-9-20(31)27-15-7-10-26-11-8-15/h1-6,13,15,26,29,32H,7-12H2,(H,27,31). The molecule has 170 valence electrons. The van der Waals surface area contributed by atoms with Gasteiger partial charge in [-0.3, -0.25) is 4.79 Å². The van der Waals surface area contributed by atoms with Gasteiger partial charge >= 0.3 is 0 Å². The maximum absolute atomic E-state index is 12.3. The van der Waals surface area contributed by atoms with E-state index in [-0.39, 0.29) is 30.9 Å². The van der Waals surface area contributed by atoms with Crippen molar-refractivity contribution in [3.8, 4) is 5.88 Å².